The van der Waals surface area contributed by atoms with Gasteiger partial charge in [0.2, 0.25) is 0 Å². The molecular formula is C14H12Br2S. The van der Waals surface area contributed by atoms with Crippen LogP contribution in [0.2, 0.25) is 0 Å². The smallest absolute Gasteiger partial charge is 0.0432 e. The first-order valence-electron chi connectivity index (χ1n) is 5.69. The molecule has 2 unspecified atom stereocenters. The molecule has 0 nitrogen and oxygen atoms in total. The second kappa shape index (κ2) is 4.87. The molecule has 1 aromatic carbocycles. The zero-order valence-electron chi connectivity index (χ0n) is 9.20. The van der Waals surface area contributed by atoms with Gasteiger partial charge in [-0.3, -0.25) is 0 Å². The SMILES string of the molecule is Brc1csc(CC2Cc3ccccc3C2Br)c1. The Morgan fingerprint density at radius 1 is 1.29 bits per heavy atom. The van der Waals surface area contributed by atoms with Gasteiger partial charge in [-0.2, -0.15) is 0 Å². The van der Waals surface area contributed by atoms with Crippen molar-refractivity contribution in [2.24, 2.45) is 5.92 Å². The molecule has 1 aromatic heterocycles. The van der Waals surface area contributed by atoms with Crippen LogP contribution < -0.4 is 0 Å². The minimum absolute atomic E-state index is 0.513. The molecule has 0 spiro atoms. The number of fused-ring (bicyclic) bond motifs is 1. The molecule has 3 heteroatoms. The van der Waals surface area contributed by atoms with Crippen molar-refractivity contribution in [1.29, 1.82) is 0 Å². The third-order valence-corrected chi connectivity index (χ3v) is 6.29. The summed E-state index contributed by atoms with van der Waals surface area (Å²) in [4.78, 5) is 1.98. The first kappa shape index (κ1) is 11.9. The summed E-state index contributed by atoms with van der Waals surface area (Å²) >= 11 is 9.23. The van der Waals surface area contributed by atoms with Crippen molar-refractivity contribution in [2.75, 3.05) is 0 Å². The summed E-state index contributed by atoms with van der Waals surface area (Å²) in [6.45, 7) is 0. The molecule has 2 atom stereocenters. The largest absolute Gasteiger partial charge is 0.148 e. The normalized spacial score (nSPS) is 22.7. The van der Waals surface area contributed by atoms with E-state index in [1.54, 1.807) is 0 Å². The van der Waals surface area contributed by atoms with Gasteiger partial charge in [0, 0.05) is 19.6 Å². The monoisotopic (exact) mass is 370 g/mol. The fourth-order valence-electron chi connectivity index (χ4n) is 2.52. The lowest BCUT2D eigenvalue weighted by Gasteiger charge is -2.13. The van der Waals surface area contributed by atoms with Crippen LogP contribution in [0.15, 0.2) is 40.2 Å². The van der Waals surface area contributed by atoms with Gasteiger partial charge in [0.15, 0.2) is 0 Å². The van der Waals surface area contributed by atoms with Crippen LogP contribution in [-0.2, 0) is 12.8 Å². The number of rotatable bonds is 2. The van der Waals surface area contributed by atoms with Gasteiger partial charge in [-0.15, -0.1) is 11.3 Å². The number of benzene rings is 1. The summed E-state index contributed by atoms with van der Waals surface area (Å²) in [5, 5.41) is 2.17. The van der Waals surface area contributed by atoms with Crippen molar-refractivity contribution in [2.45, 2.75) is 17.7 Å². The molecule has 0 amide bonds. The zero-order chi connectivity index (χ0) is 11.8. The number of halogens is 2. The van der Waals surface area contributed by atoms with E-state index in [1.807, 2.05) is 11.3 Å². The van der Waals surface area contributed by atoms with Crippen molar-refractivity contribution in [1.82, 2.24) is 0 Å². The van der Waals surface area contributed by atoms with Crippen molar-refractivity contribution < 1.29 is 0 Å². The van der Waals surface area contributed by atoms with Crippen LogP contribution in [0.5, 0.6) is 0 Å². The number of hydrogen-bond donors (Lipinski definition) is 0. The van der Waals surface area contributed by atoms with E-state index < -0.39 is 0 Å². The van der Waals surface area contributed by atoms with Gasteiger partial charge < -0.3 is 0 Å². The predicted molar refractivity (Wildman–Crippen MR) is 81.0 cm³/mol. The number of hydrogen-bond acceptors (Lipinski definition) is 1. The zero-order valence-corrected chi connectivity index (χ0v) is 13.2. The highest BCUT2D eigenvalue weighted by Gasteiger charge is 2.30. The van der Waals surface area contributed by atoms with Gasteiger partial charge in [-0.05, 0) is 51.9 Å². The third kappa shape index (κ3) is 2.38. The Morgan fingerprint density at radius 3 is 2.82 bits per heavy atom. The fraction of sp³-hybridized carbons (Fsp3) is 0.286. The summed E-state index contributed by atoms with van der Waals surface area (Å²) in [6.07, 6.45) is 2.36. The maximum atomic E-state index is 3.86. The third-order valence-electron chi connectivity index (χ3n) is 3.33. The summed E-state index contributed by atoms with van der Waals surface area (Å²) in [5.74, 6) is 0.693. The molecule has 0 bridgehead atoms. The lowest BCUT2D eigenvalue weighted by atomic mass is 10.0. The minimum atomic E-state index is 0.513. The van der Waals surface area contributed by atoms with Crippen LogP contribution in [0.1, 0.15) is 20.8 Å². The van der Waals surface area contributed by atoms with E-state index in [1.165, 1.54) is 33.3 Å². The molecule has 0 radical (unpaired) electrons. The Labute approximate surface area is 122 Å². The Morgan fingerprint density at radius 2 is 2.12 bits per heavy atom. The first-order chi connectivity index (χ1) is 8.24. The van der Waals surface area contributed by atoms with Crippen LogP contribution in [-0.4, -0.2) is 0 Å². The minimum Gasteiger partial charge on any atom is -0.148 e. The molecule has 1 aliphatic carbocycles. The van der Waals surface area contributed by atoms with Crippen LogP contribution in [0.25, 0.3) is 0 Å². The van der Waals surface area contributed by atoms with E-state index in [2.05, 4.69) is 67.6 Å². The highest BCUT2D eigenvalue weighted by molar-refractivity contribution is 9.10. The molecule has 0 N–H and O–H groups in total. The van der Waals surface area contributed by atoms with Crippen molar-refractivity contribution >= 4 is 43.2 Å². The maximum absolute atomic E-state index is 3.86. The van der Waals surface area contributed by atoms with Gasteiger partial charge in [-0.25, -0.2) is 0 Å². The summed E-state index contributed by atoms with van der Waals surface area (Å²) in [7, 11) is 0. The van der Waals surface area contributed by atoms with E-state index >= 15 is 0 Å². The Bertz CT molecular complexity index is 533. The second-order valence-electron chi connectivity index (χ2n) is 4.50. The van der Waals surface area contributed by atoms with Crippen LogP contribution >= 0.6 is 43.2 Å². The van der Waals surface area contributed by atoms with Crippen molar-refractivity contribution in [3.05, 3.63) is 56.2 Å². The van der Waals surface area contributed by atoms with Gasteiger partial charge >= 0.3 is 0 Å². The Kier molecular flexibility index (Phi) is 3.42. The molecule has 0 aliphatic heterocycles. The molecular weight excluding hydrogens is 360 g/mol. The van der Waals surface area contributed by atoms with E-state index in [0.717, 1.165) is 0 Å². The molecule has 0 fully saturated rings. The average Bonchev–Trinajstić information content (AvgIpc) is 2.86. The summed E-state index contributed by atoms with van der Waals surface area (Å²) in [5.41, 5.74) is 2.99. The predicted octanol–water partition coefficient (Wildman–Crippen LogP) is 5.36. The molecule has 1 aliphatic rings. The highest BCUT2D eigenvalue weighted by Crippen LogP contribution is 2.44. The molecule has 88 valence electrons. The lowest BCUT2D eigenvalue weighted by molar-refractivity contribution is 0.560. The van der Waals surface area contributed by atoms with Crippen LogP contribution in [0, 0.1) is 5.92 Å². The van der Waals surface area contributed by atoms with Crippen molar-refractivity contribution in [3.63, 3.8) is 0 Å². The fourth-order valence-corrected chi connectivity index (χ4v) is 4.89. The first-order valence-corrected chi connectivity index (χ1v) is 8.27. The molecule has 3 rings (SSSR count). The van der Waals surface area contributed by atoms with E-state index in [4.69, 9.17) is 0 Å². The standard InChI is InChI=1S/C14H12Br2S/c15-11-7-12(17-8-11)6-10-5-9-3-1-2-4-13(9)14(10)16/h1-4,7-8,10,14H,5-6H2. The van der Waals surface area contributed by atoms with Gasteiger partial charge in [0.25, 0.3) is 0 Å². The number of thiophene rings is 1. The van der Waals surface area contributed by atoms with Gasteiger partial charge in [-0.1, -0.05) is 40.2 Å². The molecule has 0 saturated carbocycles. The van der Waals surface area contributed by atoms with E-state index in [9.17, 15) is 0 Å². The van der Waals surface area contributed by atoms with Crippen LogP contribution in [0.3, 0.4) is 0 Å². The summed E-state index contributed by atoms with van der Waals surface area (Å²) < 4.78 is 1.21. The Hall–Kier alpha value is -0.120. The van der Waals surface area contributed by atoms with Crippen LogP contribution in [0.4, 0.5) is 0 Å². The Balaban J connectivity index is 1.80. The highest BCUT2D eigenvalue weighted by atomic mass is 79.9. The second-order valence-corrected chi connectivity index (χ2v) is 7.40. The van der Waals surface area contributed by atoms with Crippen molar-refractivity contribution in [3.8, 4) is 0 Å². The lowest BCUT2D eigenvalue weighted by Crippen LogP contribution is -2.05. The quantitative estimate of drug-likeness (QED) is 0.623. The molecule has 0 saturated heterocycles. The molecule has 17 heavy (non-hydrogen) atoms. The maximum Gasteiger partial charge on any atom is 0.0432 e. The molecule has 1 heterocycles. The average molecular weight is 372 g/mol. The van der Waals surface area contributed by atoms with Gasteiger partial charge in [0.05, 0.1) is 0 Å². The molecule has 2 aromatic rings. The van der Waals surface area contributed by atoms with E-state index in [-0.39, 0.29) is 0 Å². The van der Waals surface area contributed by atoms with Gasteiger partial charge in [0.1, 0.15) is 0 Å². The van der Waals surface area contributed by atoms with E-state index in [0.29, 0.717) is 10.7 Å². The number of alkyl halides is 1. The topological polar surface area (TPSA) is 0 Å². The summed E-state index contributed by atoms with van der Waals surface area (Å²) in [6, 6.07) is 11.0.